The number of carbonyl (C=O) groups excluding carboxylic acids is 1. The minimum Gasteiger partial charge on any atom is -0.299 e. The van der Waals surface area contributed by atoms with Gasteiger partial charge in [0, 0.05) is 11.8 Å². The smallest absolute Gasteiger partial charge is 0.138 e. The van der Waals surface area contributed by atoms with Crippen LogP contribution in [-0.2, 0) is 4.79 Å². The zero-order valence-electron chi connectivity index (χ0n) is 16.2. The third-order valence-electron chi connectivity index (χ3n) is 4.74. The van der Waals surface area contributed by atoms with E-state index in [-0.39, 0.29) is 5.41 Å². The number of unbranched alkanes of at least 4 members (excludes halogenated alkanes) is 8. The van der Waals surface area contributed by atoms with Crippen LogP contribution in [0.5, 0.6) is 0 Å². The van der Waals surface area contributed by atoms with Crippen LogP contribution in [0, 0.1) is 11.3 Å². The molecule has 132 valence electrons. The summed E-state index contributed by atoms with van der Waals surface area (Å²) >= 11 is 0. The van der Waals surface area contributed by atoms with E-state index in [1.807, 2.05) is 0 Å². The minimum absolute atomic E-state index is 0.164. The highest BCUT2D eigenvalue weighted by Crippen LogP contribution is 2.27. The summed E-state index contributed by atoms with van der Waals surface area (Å²) in [6, 6.07) is 0. The van der Waals surface area contributed by atoms with Crippen molar-refractivity contribution in [3.63, 3.8) is 0 Å². The zero-order valence-corrected chi connectivity index (χ0v) is 16.2. The van der Waals surface area contributed by atoms with Gasteiger partial charge in [0.25, 0.3) is 0 Å². The van der Waals surface area contributed by atoms with Crippen LogP contribution in [0.4, 0.5) is 0 Å². The average Bonchev–Trinajstić information content (AvgIpc) is 2.45. The maximum atomic E-state index is 12.3. The van der Waals surface area contributed by atoms with E-state index in [9.17, 15) is 4.79 Å². The number of hydrogen-bond acceptors (Lipinski definition) is 1. The SMILES string of the molecule is CCCCCCCC(CCCCCCC)CC(=O)C(C)(C)C. The standard InChI is InChI=1S/C21H42O/c1-6-8-10-12-14-16-19(17-15-13-11-9-7-2)18-20(22)21(3,4)5/h19H,6-18H2,1-5H3. The van der Waals surface area contributed by atoms with Crippen molar-refractivity contribution < 1.29 is 4.79 Å². The van der Waals surface area contributed by atoms with Gasteiger partial charge in [0.2, 0.25) is 0 Å². The molecule has 0 aromatic carbocycles. The fraction of sp³-hybridized carbons (Fsp3) is 0.952. The molecule has 0 unspecified atom stereocenters. The van der Waals surface area contributed by atoms with Crippen molar-refractivity contribution >= 4 is 5.78 Å². The second-order valence-electron chi connectivity index (χ2n) is 8.15. The second-order valence-corrected chi connectivity index (χ2v) is 8.15. The zero-order chi connectivity index (χ0) is 16.8. The number of rotatable bonds is 14. The summed E-state index contributed by atoms with van der Waals surface area (Å²) in [4.78, 5) is 12.3. The van der Waals surface area contributed by atoms with Crippen LogP contribution in [0.3, 0.4) is 0 Å². The lowest BCUT2D eigenvalue weighted by atomic mass is 9.82. The first-order chi connectivity index (χ1) is 10.4. The van der Waals surface area contributed by atoms with E-state index in [2.05, 4.69) is 34.6 Å². The first-order valence-electron chi connectivity index (χ1n) is 9.95. The summed E-state index contributed by atoms with van der Waals surface area (Å²) in [6.07, 6.45) is 16.8. The molecule has 0 radical (unpaired) electrons. The van der Waals surface area contributed by atoms with E-state index >= 15 is 0 Å². The highest BCUT2D eigenvalue weighted by molar-refractivity contribution is 5.83. The number of Topliss-reactive ketones (excluding diaryl/α,β-unsaturated/α-hetero) is 1. The molecule has 0 aromatic rings. The molecule has 0 aromatic heterocycles. The van der Waals surface area contributed by atoms with Gasteiger partial charge in [0.15, 0.2) is 0 Å². The molecule has 0 bridgehead atoms. The molecule has 0 fully saturated rings. The summed E-state index contributed by atoms with van der Waals surface area (Å²) in [5.41, 5.74) is -0.164. The fourth-order valence-electron chi connectivity index (χ4n) is 2.99. The maximum absolute atomic E-state index is 12.3. The molecule has 0 heterocycles. The maximum Gasteiger partial charge on any atom is 0.138 e. The van der Waals surface area contributed by atoms with Crippen molar-refractivity contribution in [1.82, 2.24) is 0 Å². The fourth-order valence-corrected chi connectivity index (χ4v) is 2.99. The molecule has 0 aliphatic rings. The van der Waals surface area contributed by atoms with Crippen LogP contribution >= 0.6 is 0 Å². The molecule has 0 N–H and O–H groups in total. The van der Waals surface area contributed by atoms with E-state index in [1.54, 1.807) is 0 Å². The van der Waals surface area contributed by atoms with Gasteiger partial charge in [0.1, 0.15) is 5.78 Å². The van der Waals surface area contributed by atoms with Gasteiger partial charge in [0.05, 0.1) is 0 Å². The molecule has 0 rings (SSSR count). The van der Waals surface area contributed by atoms with E-state index in [0.717, 1.165) is 6.42 Å². The highest BCUT2D eigenvalue weighted by Gasteiger charge is 2.24. The molecule has 0 amide bonds. The molecule has 0 saturated heterocycles. The van der Waals surface area contributed by atoms with Gasteiger partial charge in [-0.25, -0.2) is 0 Å². The first-order valence-corrected chi connectivity index (χ1v) is 9.95. The third kappa shape index (κ3) is 12.2. The topological polar surface area (TPSA) is 17.1 Å². The van der Waals surface area contributed by atoms with Crippen molar-refractivity contribution in [2.75, 3.05) is 0 Å². The molecule has 1 heteroatoms. The molecule has 0 saturated carbocycles. The summed E-state index contributed by atoms with van der Waals surface area (Å²) in [6.45, 7) is 10.7. The summed E-state index contributed by atoms with van der Waals surface area (Å²) in [5, 5.41) is 0. The lowest BCUT2D eigenvalue weighted by Gasteiger charge is -2.22. The molecule has 0 aliphatic heterocycles. The van der Waals surface area contributed by atoms with Crippen molar-refractivity contribution in [2.45, 2.75) is 118 Å². The Balaban J connectivity index is 4.10. The quantitative estimate of drug-likeness (QED) is 0.307. The van der Waals surface area contributed by atoms with Gasteiger partial charge in [-0.2, -0.15) is 0 Å². The van der Waals surface area contributed by atoms with Crippen LogP contribution in [0.2, 0.25) is 0 Å². The lowest BCUT2D eigenvalue weighted by molar-refractivity contribution is -0.127. The number of hydrogen-bond donors (Lipinski definition) is 0. The van der Waals surface area contributed by atoms with E-state index < -0.39 is 0 Å². The van der Waals surface area contributed by atoms with Crippen LogP contribution in [-0.4, -0.2) is 5.78 Å². The molecule has 22 heavy (non-hydrogen) atoms. The predicted octanol–water partition coefficient (Wildman–Crippen LogP) is 7.33. The molecule has 1 nitrogen and oxygen atoms in total. The Labute approximate surface area is 140 Å². The van der Waals surface area contributed by atoms with Crippen molar-refractivity contribution in [1.29, 1.82) is 0 Å². The molecule has 0 aliphatic carbocycles. The average molecular weight is 311 g/mol. The van der Waals surface area contributed by atoms with Crippen molar-refractivity contribution in [2.24, 2.45) is 11.3 Å². The van der Waals surface area contributed by atoms with Crippen molar-refractivity contribution in [3.8, 4) is 0 Å². The van der Waals surface area contributed by atoms with Crippen LogP contribution in [0.25, 0.3) is 0 Å². The minimum atomic E-state index is -0.164. The predicted molar refractivity (Wildman–Crippen MR) is 99.3 cm³/mol. The highest BCUT2D eigenvalue weighted by atomic mass is 16.1. The van der Waals surface area contributed by atoms with Crippen molar-refractivity contribution in [3.05, 3.63) is 0 Å². The van der Waals surface area contributed by atoms with Gasteiger partial charge < -0.3 is 0 Å². The van der Waals surface area contributed by atoms with Gasteiger partial charge in [-0.1, -0.05) is 112 Å². The molecule has 0 atom stereocenters. The molecule has 0 spiro atoms. The summed E-state index contributed by atoms with van der Waals surface area (Å²) in [5.74, 6) is 1.09. The molecular weight excluding hydrogens is 268 g/mol. The summed E-state index contributed by atoms with van der Waals surface area (Å²) < 4.78 is 0. The monoisotopic (exact) mass is 310 g/mol. The van der Waals surface area contributed by atoms with Crippen LogP contribution in [0.1, 0.15) is 118 Å². The Kier molecular flexibility index (Phi) is 12.9. The Morgan fingerprint density at radius 2 is 1.14 bits per heavy atom. The van der Waals surface area contributed by atoms with Gasteiger partial charge in [-0.15, -0.1) is 0 Å². The van der Waals surface area contributed by atoms with E-state index in [1.165, 1.54) is 77.0 Å². The van der Waals surface area contributed by atoms with Gasteiger partial charge in [-0.3, -0.25) is 4.79 Å². The largest absolute Gasteiger partial charge is 0.299 e. The van der Waals surface area contributed by atoms with Gasteiger partial charge >= 0.3 is 0 Å². The molecular formula is C21H42O. The van der Waals surface area contributed by atoms with E-state index in [4.69, 9.17) is 0 Å². The van der Waals surface area contributed by atoms with Crippen LogP contribution < -0.4 is 0 Å². The second kappa shape index (κ2) is 13.1. The summed E-state index contributed by atoms with van der Waals surface area (Å²) in [7, 11) is 0. The Bertz CT molecular complexity index is 248. The number of ketones is 1. The third-order valence-corrected chi connectivity index (χ3v) is 4.74. The normalized spacial score (nSPS) is 12.1. The first kappa shape index (κ1) is 21.7. The Hall–Kier alpha value is -0.330. The lowest BCUT2D eigenvalue weighted by Crippen LogP contribution is -2.23. The Morgan fingerprint density at radius 1 is 0.727 bits per heavy atom. The van der Waals surface area contributed by atoms with Gasteiger partial charge in [-0.05, 0) is 5.92 Å². The Morgan fingerprint density at radius 3 is 1.50 bits per heavy atom. The van der Waals surface area contributed by atoms with E-state index in [0.29, 0.717) is 11.7 Å². The number of carbonyl (C=O) groups is 1. The van der Waals surface area contributed by atoms with Crippen LogP contribution in [0.15, 0.2) is 0 Å².